The molecule has 0 fully saturated rings. The molecule has 5 rings (SSSR count). The predicted molar refractivity (Wildman–Crippen MR) is 163 cm³/mol. The van der Waals surface area contributed by atoms with Crippen molar-refractivity contribution in [2.75, 3.05) is 11.9 Å². The Balaban J connectivity index is 1.37. The number of amides is 2. The molecule has 1 aliphatic carbocycles. The highest BCUT2D eigenvalue weighted by Gasteiger charge is 2.29. The van der Waals surface area contributed by atoms with Gasteiger partial charge in [-0.3, -0.25) is 14.2 Å². The van der Waals surface area contributed by atoms with Gasteiger partial charge in [0.25, 0.3) is 5.91 Å². The zero-order valence-corrected chi connectivity index (χ0v) is 25.6. The molecule has 9 nitrogen and oxygen atoms in total. The molecule has 4 aromatic rings. The van der Waals surface area contributed by atoms with Crippen molar-refractivity contribution < 1.29 is 19.1 Å². The third-order valence-corrected chi connectivity index (χ3v) is 9.81. The van der Waals surface area contributed by atoms with Crippen molar-refractivity contribution in [3.8, 4) is 5.69 Å². The summed E-state index contributed by atoms with van der Waals surface area (Å²) in [6.45, 7) is 3.93. The number of thiophene rings is 2. The lowest BCUT2D eigenvalue weighted by Crippen LogP contribution is -2.25. The van der Waals surface area contributed by atoms with Crippen LogP contribution in [0, 0.1) is 0 Å². The zero-order valence-electron chi connectivity index (χ0n) is 22.4. The minimum absolute atomic E-state index is 0.126. The molecule has 0 spiro atoms. The van der Waals surface area contributed by atoms with Crippen molar-refractivity contribution in [1.82, 2.24) is 20.1 Å². The van der Waals surface area contributed by atoms with Gasteiger partial charge in [-0.1, -0.05) is 35.5 Å². The quantitative estimate of drug-likeness (QED) is 0.160. The van der Waals surface area contributed by atoms with Crippen molar-refractivity contribution in [3.63, 3.8) is 0 Å². The highest BCUT2D eigenvalue weighted by molar-refractivity contribution is 8.00. The fraction of sp³-hybridized carbons (Fsp3) is 0.321. The van der Waals surface area contributed by atoms with Crippen molar-refractivity contribution in [3.05, 3.63) is 73.5 Å². The number of carbonyl (C=O) groups is 3. The van der Waals surface area contributed by atoms with E-state index in [2.05, 4.69) is 20.8 Å². The van der Waals surface area contributed by atoms with E-state index in [0.717, 1.165) is 36.1 Å². The summed E-state index contributed by atoms with van der Waals surface area (Å²) < 4.78 is 7.10. The topological polar surface area (TPSA) is 115 Å². The Labute approximate surface area is 254 Å². The van der Waals surface area contributed by atoms with E-state index >= 15 is 0 Å². The maximum Gasteiger partial charge on any atom is 0.341 e. The summed E-state index contributed by atoms with van der Waals surface area (Å²) in [6, 6.07) is 10.8. The number of carbonyl (C=O) groups excluding carboxylic acids is 3. The first-order valence-electron chi connectivity index (χ1n) is 13.2. The average Bonchev–Trinajstić information content (AvgIpc) is 3.70. The maximum atomic E-state index is 13.4. The highest BCUT2D eigenvalue weighted by atomic mass is 35.5. The Bertz CT molecular complexity index is 1570. The molecule has 3 aromatic heterocycles. The monoisotopic (exact) mass is 629 g/mol. The van der Waals surface area contributed by atoms with Crippen LogP contribution in [0.2, 0.25) is 5.02 Å². The molecule has 13 heteroatoms. The second-order valence-electron chi connectivity index (χ2n) is 9.26. The van der Waals surface area contributed by atoms with Gasteiger partial charge in [0.05, 0.1) is 34.5 Å². The van der Waals surface area contributed by atoms with Crippen LogP contribution in [-0.4, -0.2) is 44.4 Å². The van der Waals surface area contributed by atoms with E-state index in [-0.39, 0.29) is 25.0 Å². The average molecular weight is 630 g/mol. The first-order valence-corrected chi connectivity index (χ1v) is 16.1. The molecular weight excluding hydrogens is 602 g/mol. The Morgan fingerprint density at radius 3 is 2.76 bits per heavy atom. The number of nitrogens with one attached hydrogen (secondary N) is 2. The highest BCUT2D eigenvalue weighted by Crippen LogP contribution is 2.39. The molecule has 1 atom stereocenters. The van der Waals surface area contributed by atoms with Gasteiger partial charge < -0.3 is 15.4 Å². The fourth-order valence-corrected chi connectivity index (χ4v) is 7.51. The van der Waals surface area contributed by atoms with Gasteiger partial charge in [-0.15, -0.1) is 32.9 Å². The lowest BCUT2D eigenvalue weighted by molar-refractivity contribution is -0.115. The van der Waals surface area contributed by atoms with Gasteiger partial charge in [0.15, 0.2) is 11.0 Å². The molecule has 2 amide bonds. The molecule has 0 saturated heterocycles. The molecule has 41 heavy (non-hydrogen) atoms. The zero-order chi connectivity index (χ0) is 28.9. The van der Waals surface area contributed by atoms with Crippen LogP contribution >= 0.6 is 46.0 Å². The SMILES string of the molecule is CCOC(=O)c1c(NC(=O)C(C)Sc2nnc(CNC(=O)c3cccs3)n2-c2cccc(Cl)c2)sc2c1CCCC2. The summed E-state index contributed by atoms with van der Waals surface area (Å²) in [4.78, 5) is 40.5. The van der Waals surface area contributed by atoms with Crippen molar-refractivity contribution in [1.29, 1.82) is 0 Å². The smallest absolute Gasteiger partial charge is 0.341 e. The molecule has 1 aromatic carbocycles. The van der Waals surface area contributed by atoms with E-state index in [1.54, 1.807) is 36.6 Å². The summed E-state index contributed by atoms with van der Waals surface area (Å²) in [6.07, 6.45) is 3.76. The maximum absolute atomic E-state index is 13.4. The van der Waals surface area contributed by atoms with E-state index in [1.807, 2.05) is 23.6 Å². The van der Waals surface area contributed by atoms with Gasteiger partial charge in [-0.05, 0) is 74.7 Å². The van der Waals surface area contributed by atoms with E-state index in [9.17, 15) is 14.4 Å². The summed E-state index contributed by atoms with van der Waals surface area (Å²) in [5.41, 5.74) is 2.17. The standard InChI is InChI=1S/C28H28ClN5O4S3/c1-3-38-27(37)23-19-10-4-5-11-20(19)41-26(23)31-24(35)16(2)40-28-33-32-22(15-30-25(36)21-12-7-13-39-21)34(28)18-9-6-8-17(29)14-18/h6-9,12-14,16H,3-5,10-11,15H2,1-2H3,(H,30,36)(H,31,35). The van der Waals surface area contributed by atoms with Gasteiger partial charge in [-0.25, -0.2) is 4.79 Å². The van der Waals surface area contributed by atoms with E-state index in [0.29, 0.717) is 37.1 Å². The van der Waals surface area contributed by atoms with Crippen molar-refractivity contribution in [2.45, 2.75) is 56.5 Å². The number of thioether (sulfide) groups is 1. The lowest BCUT2D eigenvalue weighted by atomic mass is 9.95. The third kappa shape index (κ3) is 6.66. The van der Waals surface area contributed by atoms with Crippen LogP contribution in [0.3, 0.4) is 0 Å². The van der Waals surface area contributed by atoms with E-state index in [1.165, 1.54) is 34.4 Å². The number of ether oxygens (including phenoxy) is 1. The molecule has 214 valence electrons. The number of hydrogen-bond donors (Lipinski definition) is 2. The van der Waals surface area contributed by atoms with Crippen LogP contribution in [0.4, 0.5) is 5.00 Å². The molecular formula is C28H28ClN5O4S3. The van der Waals surface area contributed by atoms with Crippen LogP contribution in [-0.2, 0) is 28.9 Å². The van der Waals surface area contributed by atoms with Crippen LogP contribution in [0.25, 0.3) is 5.69 Å². The van der Waals surface area contributed by atoms with Crippen LogP contribution in [0.1, 0.15) is 63.0 Å². The molecule has 1 unspecified atom stereocenters. The van der Waals surface area contributed by atoms with Gasteiger partial charge in [0.2, 0.25) is 5.91 Å². The number of esters is 1. The Hall–Kier alpha value is -3.19. The number of anilines is 1. The van der Waals surface area contributed by atoms with E-state index in [4.69, 9.17) is 16.3 Å². The fourth-order valence-electron chi connectivity index (χ4n) is 4.52. The number of fused-ring (bicyclic) bond motifs is 1. The molecule has 0 bridgehead atoms. The van der Waals surface area contributed by atoms with Crippen molar-refractivity contribution >= 4 is 68.8 Å². The lowest BCUT2D eigenvalue weighted by Gasteiger charge is -2.15. The minimum Gasteiger partial charge on any atom is -0.462 e. The summed E-state index contributed by atoms with van der Waals surface area (Å²) in [5, 5.41) is 17.3. The first kappa shape index (κ1) is 29.3. The number of rotatable bonds is 10. The summed E-state index contributed by atoms with van der Waals surface area (Å²) in [5.74, 6) is -0.397. The second kappa shape index (κ2) is 13.2. The number of nitrogens with zero attached hydrogens (tertiary/aromatic N) is 3. The number of halogens is 1. The van der Waals surface area contributed by atoms with Crippen LogP contribution < -0.4 is 10.6 Å². The molecule has 1 aliphatic rings. The van der Waals surface area contributed by atoms with Crippen molar-refractivity contribution in [2.24, 2.45) is 0 Å². The Morgan fingerprint density at radius 2 is 2.00 bits per heavy atom. The third-order valence-electron chi connectivity index (χ3n) is 6.46. The van der Waals surface area contributed by atoms with Gasteiger partial charge in [0, 0.05) is 9.90 Å². The van der Waals surface area contributed by atoms with Crippen LogP contribution in [0.15, 0.2) is 46.9 Å². The van der Waals surface area contributed by atoms with Crippen LogP contribution in [0.5, 0.6) is 0 Å². The molecule has 3 heterocycles. The Morgan fingerprint density at radius 1 is 1.17 bits per heavy atom. The molecule has 2 N–H and O–H groups in total. The normalized spacial score (nSPS) is 13.3. The number of hydrogen-bond acceptors (Lipinski definition) is 9. The van der Waals surface area contributed by atoms with Gasteiger partial charge >= 0.3 is 5.97 Å². The van der Waals surface area contributed by atoms with Gasteiger partial charge in [-0.2, -0.15) is 0 Å². The first-order chi connectivity index (χ1) is 19.9. The van der Waals surface area contributed by atoms with Gasteiger partial charge in [0.1, 0.15) is 5.00 Å². The number of benzene rings is 1. The summed E-state index contributed by atoms with van der Waals surface area (Å²) >= 11 is 10.3. The molecule has 0 aliphatic heterocycles. The summed E-state index contributed by atoms with van der Waals surface area (Å²) in [7, 11) is 0. The molecule has 0 radical (unpaired) electrons. The largest absolute Gasteiger partial charge is 0.462 e. The second-order valence-corrected chi connectivity index (χ2v) is 13.1. The number of aryl methyl sites for hydroxylation is 1. The Kier molecular flexibility index (Phi) is 9.43. The molecule has 0 saturated carbocycles. The predicted octanol–water partition coefficient (Wildman–Crippen LogP) is 6.15. The van der Waals surface area contributed by atoms with E-state index < -0.39 is 11.2 Å². The number of aromatic nitrogens is 3. The minimum atomic E-state index is -0.583.